The van der Waals surface area contributed by atoms with Crippen molar-refractivity contribution in [3.63, 3.8) is 0 Å². The van der Waals surface area contributed by atoms with Gasteiger partial charge in [-0.3, -0.25) is 14.3 Å². The highest BCUT2D eigenvalue weighted by Gasteiger charge is 2.67. The number of hydrogen-bond donors (Lipinski definition) is 3. The highest BCUT2D eigenvalue weighted by Crippen LogP contribution is 2.68. The minimum atomic E-state index is -3.46. The van der Waals surface area contributed by atoms with Gasteiger partial charge < -0.3 is 16.4 Å². The zero-order valence-corrected chi connectivity index (χ0v) is 24.5. The molecule has 2 aliphatic carbocycles. The Balaban J connectivity index is 1.23. The van der Waals surface area contributed by atoms with Gasteiger partial charge in [0.25, 0.3) is 24.0 Å². The van der Waals surface area contributed by atoms with Crippen molar-refractivity contribution in [1.29, 1.82) is 0 Å². The van der Waals surface area contributed by atoms with E-state index < -0.39 is 65.7 Å². The summed E-state index contributed by atoms with van der Waals surface area (Å²) in [4.78, 5) is 34.8. The van der Waals surface area contributed by atoms with E-state index in [0.29, 0.717) is 28.4 Å². The number of nitrogens with zero attached hydrogens (tertiary/aromatic N) is 6. The van der Waals surface area contributed by atoms with Crippen molar-refractivity contribution in [2.45, 2.75) is 50.2 Å². The van der Waals surface area contributed by atoms with E-state index in [1.54, 1.807) is 18.2 Å². The number of alkyl halides is 4. The van der Waals surface area contributed by atoms with E-state index in [1.165, 1.54) is 10.8 Å². The van der Waals surface area contributed by atoms with Gasteiger partial charge in [0, 0.05) is 35.2 Å². The van der Waals surface area contributed by atoms with E-state index in [2.05, 4.69) is 30.8 Å². The molecule has 5 aromatic rings. The van der Waals surface area contributed by atoms with Crippen LogP contribution in [0.1, 0.15) is 68.9 Å². The molecule has 8 rings (SSSR count). The molecule has 3 atom stereocenters. The van der Waals surface area contributed by atoms with Crippen molar-refractivity contribution in [1.82, 2.24) is 40.0 Å². The van der Waals surface area contributed by atoms with Crippen LogP contribution < -0.4 is 16.4 Å². The minimum absolute atomic E-state index is 0.000151. The number of anilines is 1. The quantitative estimate of drug-likeness (QED) is 0.209. The van der Waals surface area contributed by atoms with Gasteiger partial charge in [0.1, 0.15) is 41.7 Å². The standard InChI is InChI=1S/C31H23F6N9O2/c32-15-3-12(4-16(33)7-15)5-20(42-21(47)10-45-26-23(25(44-45)27(34)35)18-8-19(18)31(26,36)37)24-22(28(38)46-30(43-24)40-11-41-46)13-1-2-14-9-39-29(48)17(14)6-13/h1-4,6-7,11,18-20,27H,5,8-10,38H2,(H,39,48)(H,42,47)/t18-,19?,20-/m0/s1. The summed E-state index contributed by atoms with van der Waals surface area (Å²) in [7, 11) is 0. The van der Waals surface area contributed by atoms with Gasteiger partial charge in [-0.05, 0) is 53.6 Å². The molecule has 11 nitrogen and oxygen atoms in total. The predicted octanol–water partition coefficient (Wildman–Crippen LogP) is 4.34. The van der Waals surface area contributed by atoms with Crippen molar-refractivity contribution in [3.05, 3.63) is 93.7 Å². The Morgan fingerprint density at radius 1 is 1.12 bits per heavy atom. The maximum absolute atomic E-state index is 15.2. The average Bonchev–Trinajstić information content (AvgIpc) is 3.26. The lowest BCUT2D eigenvalue weighted by Gasteiger charge is -2.23. The minimum Gasteiger partial charge on any atom is -0.383 e. The molecular formula is C31H23F6N9O2. The molecule has 1 fully saturated rings. The van der Waals surface area contributed by atoms with Gasteiger partial charge in [-0.15, -0.1) is 0 Å². The molecule has 0 bridgehead atoms. The highest BCUT2D eigenvalue weighted by atomic mass is 19.3. The molecule has 1 saturated carbocycles. The second-order valence-corrected chi connectivity index (χ2v) is 12.1. The first kappa shape index (κ1) is 29.9. The van der Waals surface area contributed by atoms with E-state index in [1.807, 2.05) is 0 Å². The van der Waals surface area contributed by atoms with Crippen LogP contribution in [0.2, 0.25) is 0 Å². The fraction of sp³-hybridized carbons (Fsp3) is 0.290. The Hall–Kier alpha value is -5.48. The number of benzene rings is 2. The van der Waals surface area contributed by atoms with Gasteiger partial charge in [-0.25, -0.2) is 22.5 Å². The Labute approximate surface area is 266 Å². The van der Waals surface area contributed by atoms with Gasteiger partial charge in [0.2, 0.25) is 5.91 Å². The van der Waals surface area contributed by atoms with Crippen LogP contribution in [-0.4, -0.2) is 41.2 Å². The lowest BCUT2D eigenvalue weighted by atomic mass is 9.94. The van der Waals surface area contributed by atoms with Crippen LogP contribution in [0.25, 0.3) is 16.9 Å². The molecule has 4 heterocycles. The SMILES string of the molecule is Nc1c(-c2ccc3c(c2)C(=O)NC3)c([C@H](Cc2cc(F)cc(F)c2)NC(=O)Cn2nc(C(F)F)c3c2C(F)(F)C2C[C@H]32)nc2ncnn12. The Morgan fingerprint density at radius 2 is 1.90 bits per heavy atom. The molecule has 1 aliphatic heterocycles. The van der Waals surface area contributed by atoms with E-state index in [0.717, 1.165) is 17.7 Å². The molecule has 3 aromatic heterocycles. The number of rotatable bonds is 8. The summed E-state index contributed by atoms with van der Waals surface area (Å²) in [5, 5.41) is 13.2. The topological polar surface area (TPSA) is 145 Å². The third-order valence-corrected chi connectivity index (χ3v) is 9.06. The summed E-state index contributed by atoms with van der Waals surface area (Å²) in [5.41, 5.74) is 6.65. The smallest absolute Gasteiger partial charge is 0.293 e. The largest absolute Gasteiger partial charge is 0.383 e. The fourth-order valence-corrected chi connectivity index (χ4v) is 6.93. The van der Waals surface area contributed by atoms with Crippen molar-refractivity contribution < 1.29 is 35.9 Å². The van der Waals surface area contributed by atoms with E-state index in [-0.39, 0.29) is 52.7 Å². The van der Waals surface area contributed by atoms with Crippen molar-refractivity contribution in [3.8, 4) is 11.1 Å². The van der Waals surface area contributed by atoms with Crippen LogP contribution in [0.3, 0.4) is 0 Å². The molecule has 4 N–H and O–H groups in total. The lowest BCUT2D eigenvalue weighted by molar-refractivity contribution is -0.123. The first-order valence-corrected chi connectivity index (χ1v) is 14.8. The number of carbonyl (C=O) groups is 2. The highest BCUT2D eigenvalue weighted by molar-refractivity contribution is 6.00. The molecule has 2 amide bonds. The number of nitrogen functional groups attached to an aromatic ring is 1. The van der Waals surface area contributed by atoms with Gasteiger partial charge in [0.05, 0.1) is 11.7 Å². The number of nitrogens with two attached hydrogens (primary N) is 1. The average molecular weight is 668 g/mol. The van der Waals surface area contributed by atoms with Crippen molar-refractivity contribution >= 4 is 23.4 Å². The molecule has 0 spiro atoms. The lowest BCUT2D eigenvalue weighted by Crippen LogP contribution is -2.35. The van der Waals surface area contributed by atoms with Crippen LogP contribution in [0.15, 0.2) is 42.7 Å². The van der Waals surface area contributed by atoms with Crippen LogP contribution in [0.4, 0.5) is 32.2 Å². The number of hydrogen-bond acceptors (Lipinski definition) is 7. The summed E-state index contributed by atoms with van der Waals surface area (Å²) in [6.07, 6.45) is -2.18. The molecule has 2 aromatic carbocycles. The second kappa shape index (κ2) is 10.5. The number of aromatic nitrogens is 6. The van der Waals surface area contributed by atoms with Crippen LogP contribution >= 0.6 is 0 Å². The predicted molar refractivity (Wildman–Crippen MR) is 155 cm³/mol. The normalized spacial score (nSPS) is 19.3. The number of fused-ring (bicyclic) bond motifs is 5. The van der Waals surface area contributed by atoms with Gasteiger partial charge in [-0.2, -0.15) is 28.5 Å². The summed E-state index contributed by atoms with van der Waals surface area (Å²) < 4.78 is 88.6. The first-order chi connectivity index (χ1) is 22.9. The maximum Gasteiger partial charge on any atom is 0.293 e. The molecule has 3 aliphatic rings. The van der Waals surface area contributed by atoms with Crippen LogP contribution in [0, 0.1) is 17.6 Å². The summed E-state index contributed by atoms with van der Waals surface area (Å²) >= 11 is 0. The van der Waals surface area contributed by atoms with Crippen LogP contribution in [-0.2, 0) is 30.2 Å². The third-order valence-electron chi connectivity index (χ3n) is 9.06. The van der Waals surface area contributed by atoms with Gasteiger partial charge in [0.15, 0.2) is 0 Å². The van der Waals surface area contributed by atoms with Gasteiger partial charge >= 0.3 is 0 Å². The fourth-order valence-electron chi connectivity index (χ4n) is 6.93. The number of amides is 2. The molecular weight excluding hydrogens is 644 g/mol. The summed E-state index contributed by atoms with van der Waals surface area (Å²) in [6.45, 7) is -0.555. The number of halogens is 6. The Morgan fingerprint density at radius 3 is 2.65 bits per heavy atom. The Bertz CT molecular complexity index is 2160. The Kier molecular flexibility index (Phi) is 6.55. The van der Waals surface area contributed by atoms with Crippen LogP contribution in [0.5, 0.6) is 0 Å². The molecule has 0 radical (unpaired) electrons. The maximum atomic E-state index is 15.2. The molecule has 17 heteroatoms. The summed E-state index contributed by atoms with van der Waals surface area (Å²) in [5.74, 6) is -8.40. The third kappa shape index (κ3) is 4.66. The molecule has 246 valence electrons. The monoisotopic (exact) mass is 667 g/mol. The van der Waals surface area contributed by atoms with E-state index in [9.17, 15) is 27.2 Å². The second-order valence-electron chi connectivity index (χ2n) is 12.1. The molecule has 0 saturated heterocycles. The zero-order chi connectivity index (χ0) is 33.6. The molecule has 1 unspecified atom stereocenters. The number of carbonyl (C=O) groups excluding carboxylic acids is 2. The van der Waals surface area contributed by atoms with Crippen molar-refractivity contribution in [2.75, 3.05) is 5.73 Å². The number of nitrogens with one attached hydrogen (secondary N) is 2. The molecule has 48 heavy (non-hydrogen) atoms. The van der Waals surface area contributed by atoms with E-state index in [4.69, 9.17) is 5.73 Å². The zero-order valence-electron chi connectivity index (χ0n) is 24.5. The van der Waals surface area contributed by atoms with Crippen molar-refractivity contribution in [2.24, 2.45) is 5.92 Å². The summed E-state index contributed by atoms with van der Waals surface area (Å²) in [6, 6.07) is 6.46. The van der Waals surface area contributed by atoms with E-state index >= 15 is 8.78 Å². The first-order valence-electron chi connectivity index (χ1n) is 14.8. The van der Waals surface area contributed by atoms with Gasteiger partial charge in [-0.1, -0.05) is 12.1 Å².